The van der Waals surface area contributed by atoms with Crippen molar-refractivity contribution in [1.29, 1.82) is 0 Å². The summed E-state index contributed by atoms with van der Waals surface area (Å²) in [6.07, 6.45) is 0. The number of carboxylic acid groups (broad SMARTS) is 1. The number of halogens is 1. The summed E-state index contributed by atoms with van der Waals surface area (Å²) in [4.78, 5) is 10.5. The van der Waals surface area contributed by atoms with Crippen LogP contribution >= 0.6 is 0 Å². The first-order valence-corrected chi connectivity index (χ1v) is 6.85. The molecule has 0 spiro atoms. The molecule has 0 aliphatic rings. The fourth-order valence-electron chi connectivity index (χ4n) is 1.59. The van der Waals surface area contributed by atoms with Crippen molar-refractivity contribution in [3.63, 3.8) is 0 Å². The Hall–Kier alpha value is -2.42. The van der Waals surface area contributed by atoms with Gasteiger partial charge in [0.2, 0.25) is 0 Å². The third-order valence-electron chi connectivity index (χ3n) is 2.47. The smallest absolute Gasteiger partial charge is 0.353 e. The van der Waals surface area contributed by atoms with Crippen LogP contribution in [0.1, 0.15) is 16.1 Å². The molecule has 2 rings (SSSR count). The van der Waals surface area contributed by atoms with Crippen LogP contribution in [0.3, 0.4) is 0 Å². The van der Waals surface area contributed by atoms with Crippen LogP contribution < -0.4 is 4.72 Å². The van der Waals surface area contributed by atoms with Crippen molar-refractivity contribution in [3.05, 3.63) is 41.3 Å². The lowest BCUT2D eigenvalue weighted by Crippen LogP contribution is -2.14. The molecule has 0 bridgehead atoms. The van der Waals surface area contributed by atoms with Gasteiger partial charge >= 0.3 is 5.97 Å². The predicted molar refractivity (Wildman–Crippen MR) is 67.5 cm³/mol. The van der Waals surface area contributed by atoms with E-state index in [0.717, 1.165) is 24.3 Å². The largest absolute Gasteiger partial charge is 0.477 e. The molecule has 0 fully saturated rings. The quantitative estimate of drug-likeness (QED) is 0.789. The molecular weight excluding hydrogens is 289 g/mol. The van der Waals surface area contributed by atoms with Gasteiger partial charge in [-0.05, 0) is 30.7 Å². The van der Waals surface area contributed by atoms with Crippen molar-refractivity contribution in [2.75, 3.05) is 4.72 Å². The maximum absolute atomic E-state index is 13.0. The molecule has 20 heavy (non-hydrogen) atoms. The normalized spacial score (nSPS) is 11.3. The van der Waals surface area contributed by atoms with Crippen LogP contribution in [0.2, 0.25) is 0 Å². The average molecular weight is 299 g/mol. The molecule has 1 aromatic heterocycles. The molecule has 0 atom stereocenters. The molecule has 3 N–H and O–H groups in total. The molecule has 0 amide bonds. The van der Waals surface area contributed by atoms with Gasteiger partial charge in [0.25, 0.3) is 10.0 Å². The van der Waals surface area contributed by atoms with E-state index < -0.39 is 21.8 Å². The maximum atomic E-state index is 13.0. The first kappa shape index (κ1) is 14.0. The number of rotatable bonds is 4. The second-order valence-corrected chi connectivity index (χ2v) is 5.64. The highest BCUT2D eigenvalue weighted by atomic mass is 32.2. The van der Waals surface area contributed by atoms with E-state index in [2.05, 4.69) is 14.9 Å². The molecule has 7 nitrogen and oxygen atoms in total. The fraction of sp³-hybridized carbons (Fsp3) is 0.0909. The Morgan fingerprint density at radius 2 is 2.10 bits per heavy atom. The number of carboxylic acids is 1. The Balaban J connectivity index is 2.33. The minimum atomic E-state index is -3.97. The van der Waals surface area contributed by atoms with Crippen molar-refractivity contribution in [1.82, 2.24) is 10.2 Å². The second kappa shape index (κ2) is 4.93. The number of aryl methyl sites for hydroxylation is 1. The number of aromatic nitrogens is 2. The van der Waals surface area contributed by atoms with Gasteiger partial charge in [0.05, 0.1) is 4.90 Å². The summed E-state index contributed by atoms with van der Waals surface area (Å²) in [5.74, 6) is -1.97. The SMILES string of the molecule is Cc1cc(F)ccc1S(=O)(=O)Nc1cc(C(=O)O)[nH]n1. The number of benzene rings is 1. The topological polar surface area (TPSA) is 112 Å². The summed E-state index contributed by atoms with van der Waals surface area (Å²) in [5.41, 5.74) is -0.0231. The molecule has 2 aromatic rings. The third-order valence-corrected chi connectivity index (χ3v) is 3.99. The van der Waals surface area contributed by atoms with Gasteiger partial charge in [0, 0.05) is 6.07 Å². The van der Waals surface area contributed by atoms with Gasteiger partial charge < -0.3 is 5.11 Å². The zero-order valence-electron chi connectivity index (χ0n) is 10.2. The highest BCUT2D eigenvalue weighted by Crippen LogP contribution is 2.19. The van der Waals surface area contributed by atoms with Crippen LogP contribution in [-0.2, 0) is 10.0 Å². The van der Waals surface area contributed by atoms with E-state index in [1.165, 1.54) is 6.92 Å². The molecule has 106 valence electrons. The molecule has 0 radical (unpaired) electrons. The molecule has 0 aliphatic heterocycles. The lowest BCUT2D eigenvalue weighted by molar-refractivity contribution is 0.0690. The van der Waals surface area contributed by atoms with Gasteiger partial charge in [0.1, 0.15) is 11.5 Å². The second-order valence-electron chi connectivity index (χ2n) is 3.99. The van der Waals surface area contributed by atoms with Crippen LogP contribution in [-0.4, -0.2) is 29.7 Å². The van der Waals surface area contributed by atoms with E-state index in [1.54, 1.807) is 0 Å². The fourth-order valence-corrected chi connectivity index (χ4v) is 2.81. The Morgan fingerprint density at radius 3 is 2.65 bits per heavy atom. The number of hydrogen-bond donors (Lipinski definition) is 3. The van der Waals surface area contributed by atoms with Gasteiger partial charge in [-0.1, -0.05) is 0 Å². The van der Waals surface area contributed by atoms with Crippen molar-refractivity contribution in [2.45, 2.75) is 11.8 Å². The zero-order chi connectivity index (χ0) is 14.9. The van der Waals surface area contributed by atoms with Crippen molar-refractivity contribution < 1.29 is 22.7 Å². The number of hydrogen-bond acceptors (Lipinski definition) is 4. The van der Waals surface area contributed by atoms with E-state index in [1.807, 2.05) is 0 Å². The van der Waals surface area contributed by atoms with Crippen LogP contribution in [0.5, 0.6) is 0 Å². The number of sulfonamides is 1. The molecule has 0 aliphatic carbocycles. The number of nitrogens with one attached hydrogen (secondary N) is 2. The van der Waals surface area contributed by atoms with E-state index >= 15 is 0 Å². The minimum Gasteiger partial charge on any atom is -0.477 e. The maximum Gasteiger partial charge on any atom is 0.353 e. The van der Waals surface area contributed by atoms with E-state index in [-0.39, 0.29) is 22.0 Å². The van der Waals surface area contributed by atoms with Gasteiger partial charge in [-0.15, -0.1) is 0 Å². The highest BCUT2D eigenvalue weighted by molar-refractivity contribution is 7.92. The number of nitrogens with zero attached hydrogens (tertiary/aromatic N) is 1. The molecule has 1 aromatic carbocycles. The lowest BCUT2D eigenvalue weighted by atomic mass is 10.2. The Bertz CT molecular complexity index is 770. The van der Waals surface area contributed by atoms with Crippen LogP contribution in [0.25, 0.3) is 0 Å². The molecule has 0 saturated heterocycles. The molecule has 9 heteroatoms. The predicted octanol–water partition coefficient (Wildman–Crippen LogP) is 1.36. The van der Waals surface area contributed by atoms with Gasteiger partial charge in [0.15, 0.2) is 5.82 Å². The van der Waals surface area contributed by atoms with Gasteiger partial charge in [-0.2, -0.15) is 5.10 Å². The van der Waals surface area contributed by atoms with Crippen LogP contribution in [0.15, 0.2) is 29.2 Å². The van der Waals surface area contributed by atoms with Crippen molar-refractivity contribution in [3.8, 4) is 0 Å². The van der Waals surface area contributed by atoms with E-state index in [4.69, 9.17) is 5.11 Å². The molecule has 1 heterocycles. The average Bonchev–Trinajstić information content (AvgIpc) is 2.76. The molecule has 0 unspecified atom stereocenters. The Labute approximate surface area is 113 Å². The monoisotopic (exact) mass is 299 g/mol. The zero-order valence-corrected chi connectivity index (χ0v) is 11.0. The first-order valence-electron chi connectivity index (χ1n) is 5.37. The summed E-state index contributed by atoms with van der Waals surface area (Å²) in [6, 6.07) is 4.27. The van der Waals surface area contributed by atoms with Gasteiger partial charge in [-0.25, -0.2) is 17.6 Å². The number of aromatic carboxylic acids is 1. The Morgan fingerprint density at radius 1 is 1.40 bits per heavy atom. The number of aromatic amines is 1. The standard InChI is InChI=1S/C11H10FN3O4S/c1-6-4-7(12)2-3-9(6)20(18,19)15-10-5-8(11(16)17)13-14-10/h2-5H,1H3,(H,16,17)(H2,13,14,15). The first-order chi connectivity index (χ1) is 9.29. The summed E-state index contributed by atoms with van der Waals surface area (Å²) >= 11 is 0. The third kappa shape index (κ3) is 2.77. The summed E-state index contributed by atoms with van der Waals surface area (Å²) in [7, 11) is -3.97. The van der Waals surface area contributed by atoms with Gasteiger partial charge in [-0.3, -0.25) is 9.82 Å². The van der Waals surface area contributed by atoms with Crippen LogP contribution in [0.4, 0.5) is 10.2 Å². The number of carbonyl (C=O) groups is 1. The van der Waals surface area contributed by atoms with E-state index in [9.17, 15) is 17.6 Å². The summed E-state index contributed by atoms with van der Waals surface area (Å²) in [5, 5.41) is 14.4. The molecular formula is C11H10FN3O4S. The minimum absolute atomic E-state index is 0.112. The number of H-pyrrole nitrogens is 1. The summed E-state index contributed by atoms with van der Waals surface area (Å²) in [6.45, 7) is 1.45. The Kier molecular flexibility index (Phi) is 3.45. The summed E-state index contributed by atoms with van der Waals surface area (Å²) < 4.78 is 39.2. The highest BCUT2D eigenvalue weighted by Gasteiger charge is 2.19. The lowest BCUT2D eigenvalue weighted by Gasteiger charge is -2.08. The van der Waals surface area contributed by atoms with Crippen LogP contribution in [0, 0.1) is 12.7 Å². The van der Waals surface area contributed by atoms with Crippen molar-refractivity contribution >= 4 is 21.8 Å². The molecule has 0 saturated carbocycles. The van der Waals surface area contributed by atoms with E-state index in [0.29, 0.717) is 0 Å². The van der Waals surface area contributed by atoms with Crippen molar-refractivity contribution in [2.24, 2.45) is 0 Å². The number of anilines is 1.